The minimum absolute atomic E-state index is 0.195. The predicted molar refractivity (Wildman–Crippen MR) is 86.3 cm³/mol. The number of hydrogen-bond acceptors (Lipinski definition) is 4. The Balaban J connectivity index is 2.54. The van der Waals surface area contributed by atoms with Crippen LogP contribution in [0.4, 0.5) is 4.79 Å². The lowest BCUT2D eigenvalue weighted by atomic mass is 10.1. The summed E-state index contributed by atoms with van der Waals surface area (Å²) in [5, 5.41) is 2.87. The molecule has 0 aromatic carbocycles. The third-order valence-corrected chi connectivity index (χ3v) is 4.02. The Hall–Kier alpha value is -0.810. The molecule has 21 heavy (non-hydrogen) atoms. The first kappa shape index (κ1) is 18.2. The summed E-state index contributed by atoms with van der Waals surface area (Å²) in [5.41, 5.74) is 5.49. The van der Waals surface area contributed by atoms with Gasteiger partial charge in [0, 0.05) is 25.2 Å². The summed E-state index contributed by atoms with van der Waals surface area (Å²) in [6, 6.07) is 0.780. The molecule has 0 aromatic heterocycles. The third kappa shape index (κ3) is 6.66. The molecule has 3 N–H and O–H groups in total. The number of carbonyl (C=O) groups is 1. The molecule has 0 radical (unpaired) electrons. The number of amides is 1. The molecular formula is C16H33N3O2. The largest absolute Gasteiger partial charge is 0.444 e. The van der Waals surface area contributed by atoms with E-state index in [9.17, 15) is 4.79 Å². The quantitative estimate of drug-likeness (QED) is 0.818. The summed E-state index contributed by atoms with van der Waals surface area (Å²) in [7, 11) is 0. The lowest BCUT2D eigenvalue weighted by Gasteiger charge is -2.36. The van der Waals surface area contributed by atoms with Crippen LogP contribution in [0.25, 0.3) is 0 Å². The Morgan fingerprint density at radius 3 is 2.67 bits per heavy atom. The number of nitrogens with one attached hydrogen (secondary N) is 1. The van der Waals surface area contributed by atoms with Crippen molar-refractivity contribution in [3.8, 4) is 0 Å². The Kier molecular flexibility index (Phi) is 7.46. The fourth-order valence-corrected chi connectivity index (χ4v) is 2.97. The summed E-state index contributed by atoms with van der Waals surface area (Å²) in [5.74, 6) is 0. The number of nitrogens with zero attached hydrogens (tertiary/aromatic N) is 1. The first-order chi connectivity index (χ1) is 9.87. The summed E-state index contributed by atoms with van der Waals surface area (Å²) >= 11 is 0. The lowest BCUT2D eigenvalue weighted by Crippen LogP contribution is -2.52. The van der Waals surface area contributed by atoms with Crippen LogP contribution in [0.5, 0.6) is 0 Å². The van der Waals surface area contributed by atoms with Crippen LogP contribution in [0.2, 0.25) is 0 Å². The molecule has 0 spiro atoms. The van der Waals surface area contributed by atoms with Gasteiger partial charge in [0.1, 0.15) is 5.60 Å². The maximum absolute atomic E-state index is 11.8. The molecule has 1 aliphatic heterocycles. The second-order valence-electron chi connectivity index (χ2n) is 6.92. The molecule has 1 fully saturated rings. The molecule has 5 heteroatoms. The molecule has 1 rings (SSSR count). The summed E-state index contributed by atoms with van der Waals surface area (Å²) in [4.78, 5) is 14.3. The van der Waals surface area contributed by atoms with Gasteiger partial charge < -0.3 is 15.8 Å². The van der Waals surface area contributed by atoms with E-state index in [-0.39, 0.29) is 12.1 Å². The number of carbonyl (C=O) groups excluding carboxylic acids is 1. The van der Waals surface area contributed by atoms with Crippen molar-refractivity contribution in [2.24, 2.45) is 5.73 Å². The van der Waals surface area contributed by atoms with Crippen molar-refractivity contribution < 1.29 is 9.53 Å². The molecule has 0 aliphatic carbocycles. The molecule has 1 amide bonds. The van der Waals surface area contributed by atoms with Crippen molar-refractivity contribution in [1.82, 2.24) is 10.2 Å². The van der Waals surface area contributed by atoms with Crippen LogP contribution in [0.1, 0.15) is 59.8 Å². The zero-order valence-electron chi connectivity index (χ0n) is 14.2. The van der Waals surface area contributed by atoms with Gasteiger partial charge in [-0.05, 0) is 46.6 Å². The monoisotopic (exact) mass is 299 g/mol. The normalized spacial score (nSPS) is 22.4. The zero-order valence-corrected chi connectivity index (χ0v) is 14.2. The maximum Gasteiger partial charge on any atom is 0.407 e. The number of ether oxygens (including phenoxy) is 1. The van der Waals surface area contributed by atoms with Crippen molar-refractivity contribution in [1.29, 1.82) is 0 Å². The van der Waals surface area contributed by atoms with Crippen molar-refractivity contribution in [3.63, 3.8) is 0 Å². The number of rotatable bonds is 5. The maximum atomic E-state index is 11.8. The van der Waals surface area contributed by atoms with Crippen LogP contribution in [-0.4, -0.2) is 48.3 Å². The molecule has 2 atom stereocenters. The van der Waals surface area contributed by atoms with Gasteiger partial charge in [0.05, 0.1) is 0 Å². The van der Waals surface area contributed by atoms with Crippen molar-refractivity contribution >= 4 is 6.09 Å². The Bertz CT molecular complexity index is 315. The molecule has 0 saturated carbocycles. The van der Waals surface area contributed by atoms with Gasteiger partial charge in [-0.3, -0.25) is 4.90 Å². The summed E-state index contributed by atoms with van der Waals surface area (Å²) in [6.45, 7) is 10.0. The van der Waals surface area contributed by atoms with Crippen LogP contribution < -0.4 is 11.1 Å². The first-order valence-electron chi connectivity index (χ1n) is 8.30. The van der Waals surface area contributed by atoms with Crippen LogP contribution >= 0.6 is 0 Å². The molecular weight excluding hydrogens is 266 g/mol. The van der Waals surface area contributed by atoms with Crippen molar-refractivity contribution in [2.75, 3.05) is 19.6 Å². The average Bonchev–Trinajstić information content (AvgIpc) is 2.63. The highest BCUT2D eigenvalue weighted by Gasteiger charge is 2.26. The van der Waals surface area contributed by atoms with E-state index >= 15 is 0 Å². The molecule has 0 bridgehead atoms. The van der Waals surface area contributed by atoms with Gasteiger partial charge in [0.25, 0.3) is 0 Å². The number of alkyl carbamates (subject to hydrolysis) is 1. The molecule has 1 saturated heterocycles. The van der Waals surface area contributed by atoms with Crippen LogP contribution in [-0.2, 0) is 4.74 Å². The Morgan fingerprint density at radius 1 is 1.38 bits per heavy atom. The lowest BCUT2D eigenvalue weighted by molar-refractivity contribution is 0.0495. The fraction of sp³-hybridized carbons (Fsp3) is 0.938. The van der Waals surface area contributed by atoms with Gasteiger partial charge in [0.15, 0.2) is 0 Å². The fourth-order valence-electron chi connectivity index (χ4n) is 2.97. The second-order valence-corrected chi connectivity index (χ2v) is 6.92. The minimum Gasteiger partial charge on any atom is -0.444 e. The summed E-state index contributed by atoms with van der Waals surface area (Å²) in [6.07, 6.45) is 5.83. The number of hydrogen-bond donors (Lipinski definition) is 2. The second kappa shape index (κ2) is 8.59. The molecule has 5 nitrogen and oxygen atoms in total. The smallest absolute Gasteiger partial charge is 0.407 e. The molecule has 2 unspecified atom stereocenters. The number of nitrogens with two attached hydrogens (primary N) is 1. The van der Waals surface area contributed by atoms with Gasteiger partial charge in [-0.2, -0.15) is 0 Å². The van der Waals surface area contributed by atoms with E-state index in [1.54, 1.807) is 0 Å². The number of likely N-dealkylation sites (tertiary alicyclic amines) is 1. The van der Waals surface area contributed by atoms with E-state index in [2.05, 4.69) is 17.1 Å². The van der Waals surface area contributed by atoms with Crippen molar-refractivity contribution in [2.45, 2.75) is 77.5 Å². The highest BCUT2D eigenvalue weighted by Crippen LogP contribution is 2.21. The van der Waals surface area contributed by atoms with E-state index in [1.807, 2.05) is 20.8 Å². The Morgan fingerprint density at radius 2 is 2.10 bits per heavy atom. The SMILES string of the molecule is CCC1CCCCCN1C(CN)CNC(=O)OC(C)(C)C. The summed E-state index contributed by atoms with van der Waals surface area (Å²) < 4.78 is 5.29. The highest BCUT2D eigenvalue weighted by atomic mass is 16.6. The minimum atomic E-state index is -0.461. The molecule has 1 heterocycles. The zero-order chi connectivity index (χ0) is 15.9. The van der Waals surface area contributed by atoms with E-state index in [0.29, 0.717) is 19.1 Å². The average molecular weight is 299 g/mol. The van der Waals surface area contributed by atoms with Crippen LogP contribution in [0.3, 0.4) is 0 Å². The molecule has 0 aromatic rings. The van der Waals surface area contributed by atoms with Gasteiger partial charge in [-0.15, -0.1) is 0 Å². The van der Waals surface area contributed by atoms with E-state index < -0.39 is 5.60 Å². The van der Waals surface area contributed by atoms with Gasteiger partial charge in [-0.1, -0.05) is 19.8 Å². The molecule has 124 valence electrons. The molecule has 1 aliphatic rings. The third-order valence-electron chi connectivity index (χ3n) is 4.02. The first-order valence-corrected chi connectivity index (χ1v) is 8.30. The van der Waals surface area contributed by atoms with Crippen LogP contribution in [0, 0.1) is 0 Å². The van der Waals surface area contributed by atoms with E-state index in [0.717, 1.165) is 13.0 Å². The van der Waals surface area contributed by atoms with Crippen LogP contribution in [0.15, 0.2) is 0 Å². The highest BCUT2D eigenvalue weighted by molar-refractivity contribution is 5.67. The Labute approximate surface area is 129 Å². The van der Waals surface area contributed by atoms with E-state index in [1.165, 1.54) is 25.7 Å². The standard InChI is InChI=1S/C16H33N3O2/c1-5-13-9-7-6-8-10-19(13)14(11-17)12-18-15(20)21-16(2,3)4/h13-14H,5-12,17H2,1-4H3,(H,18,20). The van der Waals surface area contributed by atoms with Gasteiger partial charge in [-0.25, -0.2) is 4.79 Å². The predicted octanol–water partition coefficient (Wildman–Crippen LogP) is 2.49. The van der Waals surface area contributed by atoms with E-state index in [4.69, 9.17) is 10.5 Å². The topological polar surface area (TPSA) is 67.6 Å². The van der Waals surface area contributed by atoms with Crippen molar-refractivity contribution in [3.05, 3.63) is 0 Å². The van der Waals surface area contributed by atoms with Gasteiger partial charge in [0.2, 0.25) is 0 Å². The van der Waals surface area contributed by atoms with Gasteiger partial charge >= 0.3 is 6.09 Å².